The lowest BCUT2D eigenvalue weighted by Gasteiger charge is -2.16. The zero-order chi connectivity index (χ0) is 24.4. The molecular weight excluding hydrogens is 444 g/mol. The van der Waals surface area contributed by atoms with Gasteiger partial charge in [0.15, 0.2) is 0 Å². The van der Waals surface area contributed by atoms with Crippen LogP contribution in [0.3, 0.4) is 0 Å². The number of fused-ring (bicyclic) bond motifs is 1. The Kier molecular flexibility index (Phi) is 6.04. The first-order chi connectivity index (χ1) is 17.0. The van der Waals surface area contributed by atoms with Gasteiger partial charge in [-0.2, -0.15) is 5.10 Å². The van der Waals surface area contributed by atoms with Crippen molar-refractivity contribution in [3.05, 3.63) is 60.6 Å². The minimum atomic E-state index is -0.370. The Labute approximate surface area is 202 Å². The molecule has 2 atom stereocenters. The fourth-order valence-electron chi connectivity index (χ4n) is 4.10. The quantitative estimate of drug-likeness (QED) is 0.329. The van der Waals surface area contributed by atoms with Gasteiger partial charge in [-0.3, -0.25) is 9.48 Å². The van der Waals surface area contributed by atoms with Crippen LogP contribution < -0.4 is 15.4 Å². The Hall–Kier alpha value is -4.42. The average Bonchev–Trinajstić information content (AvgIpc) is 3.52. The van der Waals surface area contributed by atoms with E-state index in [1.165, 1.54) is 7.11 Å². The van der Waals surface area contributed by atoms with Crippen LogP contribution in [0.5, 0.6) is 5.75 Å². The maximum absolute atomic E-state index is 11.9. The molecule has 5 rings (SSSR count). The molecule has 0 spiro atoms. The standard InChI is InChI=1S/C26H24N6O3/c1-4-16-5-6-23-18(7-16)12-28-26(31-23)30-20-8-17(19-13-29-32(2)15-19)9-21(10-20)35-22-11-24(27-14-22)25(33)34-3/h1,5-10,12-13,15,22,24,27H,11,14H2,2-3H3,(H,28,30,31)/t22-,24-/m0/s1. The summed E-state index contributed by atoms with van der Waals surface area (Å²) in [7, 11) is 3.26. The Balaban J connectivity index is 1.43. The van der Waals surface area contributed by atoms with Crippen molar-refractivity contribution in [1.82, 2.24) is 25.1 Å². The van der Waals surface area contributed by atoms with Crippen LogP contribution in [0.1, 0.15) is 12.0 Å². The van der Waals surface area contributed by atoms with Gasteiger partial charge in [-0.1, -0.05) is 5.92 Å². The summed E-state index contributed by atoms with van der Waals surface area (Å²) in [6.07, 6.45) is 11.3. The predicted octanol–water partition coefficient (Wildman–Crippen LogP) is 3.04. The first-order valence-corrected chi connectivity index (χ1v) is 11.1. The molecule has 1 fully saturated rings. The molecule has 0 unspecified atom stereocenters. The lowest BCUT2D eigenvalue weighted by atomic mass is 10.1. The summed E-state index contributed by atoms with van der Waals surface area (Å²) < 4.78 is 12.8. The summed E-state index contributed by atoms with van der Waals surface area (Å²) in [4.78, 5) is 20.9. The summed E-state index contributed by atoms with van der Waals surface area (Å²) >= 11 is 0. The number of hydrogen-bond donors (Lipinski definition) is 2. The molecule has 4 aromatic rings. The second-order valence-electron chi connectivity index (χ2n) is 8.34. The minimum absolute atomic E-state index is 0.168. The number of aryl methyl sites for hydroxylation is 1. The zero-order valence-corrected chi connectivity index (χ0v) is 19.4. The fourth-order valence-corrected chi connectivity index (χ4v) is 4.10. The van der Waals surface area contributed by atoms with E-state index < -0.39 is 0 Å². The van der Waals surface area contributed by atoms with Crippen LogP contribution >= 0.6 is 0 Å². The third kappa shape index (κ3) is 4.93. The highest BCUT2D eigenvalue weighted by Gasteiger charge is 2.31. The Morgan fingerprint density at radius 2 is 2.11 bits per heavy atom. The van der Waals surface area contributed by atoms with E-state index in [9.17, 15) is 4.79 Å². The normalized spacial score (nSPS) is 17.2. The maximum atomic E-state index is 11.9. The van der Waals surface area contributed by atoms with Crippen LogP contribution in [0.15, 0.2) is 55.0 Å². The minimum Gasteiger partial charge on any atom is -0.489 e. The number of terminal acetylenes is 1. The van der Waals surface area contributed by atoms with Gasteiger partial charge >= 0.3 is 5.97 Å². The first-order valence-electron chi connectivity index (χ1n) is 11.1. The highest BCUT2D eigenvalue weighted by molar-refractivity contribution is 5.81. The summed E-state index contributed by atoms with van der Waals surface area (Å²) in [5.74, 6) is 3.45. The van der Waals surface area contributed by atoms with E-state index in [1.54, 1.807) is 17.1 Å². The van der Waals surface area contributed by atoms with Crippen molar-refractivity contribution < 1.29 is 14.3 Å². The number of ether oxygens (including phenoxy) is 2. The highest BCUT2D eigenvalue weighted by Crippen LogP contribution is 2.31. The summed E-state index contributed by atoms with van der Waals surface area (Å²) in [6, 6.07) is 11.1. The molecule has 0 saturated carbocycles. The molecule has 2 aromatic carbocycles. The Bertz CT molecular complexity index is 1440. The second kappa shape index (κ2) is 9.44. The molecule has 0 bridgehead atoms. The lowest BCUT2D eigenvalue weighted by Crippen LogP contribution is -2.31. The predicted molar refractivity (Wildman–Crippen MR) is 132 cm³/mol. The van der Waals surface area contributed by atoms with Crippen LogP contribution in [-0.4, -0.2) is 51.5 Å². The summed E-state index contributed by atoms with van der Waals surface area (Å²) in [5.41, 5.74) is 4.19. The van der Waals surface area contributed by atoms with Crippen molar-refractivity contribution in [2.75, 3.05) is 19.0 Å². The smallest absolute Gasteiger partial charge is 0.323 e. The van der Waals surface area contributed by atoms with Gasteiger partial charge in [-0.05, 0) is 35.9 Å². The molecule has 1 aliphatic rings. The van der Waals surface area contributed by atoms with Gasteiger partial charge in [-0.15, -0.1) is 6.42 Å². The molecule has 2 aromatic heterocycles. The molecule has 1 aliphatic heterocycles. The molecule has 9 nitrogen and oxygen atoms in total. The molecule has 0 radical (unpaired) electrons. The molecule has 9 heteroatoms. The number of rotatable bonds is 6. The molecule has 3 heterocycles. The summed E-state index contributed by atoms with van der Waals surface area (Å²) in [6.45, 7) is 0.549. The SMILES string of the molecule is C#Cc1ccc2nc(Nc3cc(O[C@@H]4CN[C@H](C(=O)OC)C4)cc(-c4cnn(C)c4)c3)ncc2c1. The van der Waals surface area contributed by atoms with Gasteiger partial charge in [0, 0.05) is 60.7 Å². The average molecular weight is 469 g/mol. The zero-order valence-electron chi connectivity index (χ0n) is 19.4. The van der Waals surface area contributed by atoms with E-state index in [4.69, 9.17) is 15.9 Å². The van der Waals surface area contributed by atoms with Crippen LogP contribution in [0.4, 0.5) is 11.6 Å². The molecular formula is C26H24N6O3. The van der Waals surface area contributed by atoms with Gasteiger partial charge in [0.1, 0.15) is 17.9 Å². The van der Waals surface area contributed by atoms with E-state index in [1.807, 2.05) is 49.6 Å². The second-order valence-corrected chi connectivity index (χ2v) is 8.34. The van der Waals surface area contributed by atoms with Gasteiger partial charge in [0.05, 0.1) is 18.8 Å². The van der Waals surface area contributed by atoms with Gasteiger partial charge in [0.2, 0.25) is 5.95 Å². The van der Waals surface area contributed by atoms with Crippen molar-refractivity contribution in [3.63, 3.8) is 0 Å². The first kappa shape index (κ1) is 22.4. The number of hydrogen-bond acceptors (Lipinski definition) is 8. The molecule has 0 amide bonds. The van der Waals surface area contributed by atoms with E-state index in [-0.39, 0.29) is 18.1 Å². The number of nitrogens with zero attached hydrogens (tertiary/aromatic N) is 4. The van der Waals surface area contributed by atoms with Crippen molar-refractivity contribution in [2.24, 2.45) is 7.05 Å². The van der Waals surface area contributed by atoms with E-state index in [0.29, 0.717) is 24.7 Å². The number of benzene rings is 2. The van der Waals surface area contributed by atoms with Crippen LogP contribution in [0.2, 0.25) is 0 Å². The number of carbonyl (C=O) groups is 1. The van der Waals surface area contributed by atoms with E-state index >= 15 is 0 Å². The molecule has 0 aliphatic carbocycles. The monoisotopic (exact) mass is 468 g/mol. The third-order valence-electron chi connectivity index (χ3n) is 5.83. The third-order valence-corrected chi connectivity index (χ3v) is 5.83. The number of methoxy groups -OCH3 is 1. The molecule has 176 valence electrons. The number of anilines is 2. The number of aromatic nitrogens is 4. The largest absolute Gasteiger partial charge is 0.489 e. The van der Waals surface area contributed by atoms with Crippen molar-refractivity contribution >= 4 is 28.5 Å². The molecule has 35 heavy (non-hydrogen) atoms. The van der Waals surface area contributed by atoms with Gasteiger partial charge in [-0.25, -0.2) is 9.97 Å². The van der Waals surface area contributed by atoms with Crippen LogP contribution in [0.25, 0.3) is 22.0 Å². The van der Waals surface area contributed by atoms with E-state index in [2.05, 4.69) is 31.6 Å². The number of esters is 1. The van der Waals surface area contributed by atoms with Gasteiger partial charge in [0.25, 0.3) is 0 Å². The Morgan fingerprint density at radius 3 is 2.89 bits per heavy atom. The molecule has 1 saturated heterocycles. The number of carbonyl (C=O) groups excluding carboxylic acids is 1. The summed E-state index contributed by atoms with van der Waals surface area (Å²) in [5, 5.41) is 11.6. The highest BCUT2D eigenvalue weighted by atomic mass is 16.5. The number of nitrogens with one attached hydrogen (secondary N) is 2. The molecule has 2 N–H and O–H groups in total. The van der Waals surface area contributed by atoms with E-state index in [0.717, 1.165) is 33.3 Å². The van der Waals surface area contributed by atoms with Crippen molar-refractivity contribution in [1.29, 1.82) is 0 Å². The van der Waals surface area contributed by atoms with Crippen molar-refractivity contribution in [2.45, 2.75) is 18.6 Å². The fraction of sp³-hybridized carbons (Fsp3) is 0.231. The Morgan fingerprint density at radius 1 is 1.23 bits per heavy atom. The van der Waals surface area contributed by atoms with Crippen molar-refractivity contribution in [3.8, 4) is 29.2 Å². The van der Waals surface area contributed by atoms with Crippen LogP contribution in [-0.2, 0) is 16.6 Å². The topological polar surface area (TPSA) is 103 Å². The van der Waals surface area contributed by atoms with Gasteiger partial charge < -0.3 is 20.1 Å². The maximum Gasteiger partial charge on any atom is 0.323 e. The lowest BCUT2D eigenvalue weighted by molar-refractivity contribution is -0.142. The van der Waals surface area contributed by atoms with Crippen LogP contribution in [0, 0.1) is 12.3 Å².